The molecule has 0 aliphatic carbocycles. The van der Waals surface area contributed by atoms with E-state index in [-0.39, 0.29) is 23.9 Å². The zero-order valence-corrected chi connectivity index (χ0v) is 21.3. The minimum absolute atomic E-state index is 0.0527. The molecule has 3 aromatic carbocycles. The maximum absolute atomic E-state index is 13.9. The van der Waals surface area contributed by atoms with Gasteiger partial charge in [-0.05, 0) is 42.2 Å². The lowest BCUT2D eigenvalue weighted by Crippen LogP contribution is -2.42. The second kappa shape index (κ2) is 10.3. The van der Waals surface area contributed by atoms with Crippen molar-refractivity contribution < 1.29 is 4.79 Å². The largest absolute Gasteiger partial charge is 0.336 e. The Hall–Kier alpha value is -3.41. The van der Waals surface area contributed by atoms with Gasteiger partial charge in [-0.2, -0.15) is 0 Å². The first-order chi connectivity index (χ1) is 17.4. The third-order valence-electron chi connectivity index (χ3n) is 6.64. The van der Waals surface area contributed by atoms with E-state index >= 15 is 0 Å². The number of rotatable bonds is 5. The highest BCUT2D eigenvalue weighted by molar-refractivity contribution is 6.35. The van der Waals surface area contributed by atoms with Gasteiger partial charge in [-0.25, -0.2) is 4.98 Å². The Balaban J connectivity index is 1.47. The lowest BCUT2D eigenvalue weighted by Gasteiger charge is -2.30. The number of benzene rings is 3. The highest BCUT2D eigenvalue weighted by Crippen LogP contribution is 2.28. The van der Waals surface area contributed by atoms with Crippen molar-refractivity contribution in [1.82, 2.24) is 14.5 Å². The lowest BCUT2D eigenvalue weighted by atomic mass is 9.97. The number of aryl methyl sites for hydroxylation is 1. The number of amides is 1. The number of carbonyl (C=O) groups is 1. The summed E-state index contributed by atoms with van der Waals surface area (Å²) in [4.78, 5) is 33.5. The summed E-state index contributed by atoms with van der Waals surface area (Å²) in [5.41, 5.74) is 4.04. The molecule has 0 N–H and O–H groups in total. The summed E-state index contributed by atoms with van der Waals surface area (Å²) in [6.07, 6.45) is 0.628. The fourth-order valence-corrected chi connectivity index (χ4v) is 5.31. The van der Waals surface area contributed by atoms with E-state index in [2.05, 4.69) is 0 Å². The molecule has 0 fully saturated rings. The normalized spacial score (nSPS) is 13.1. The van der Waals surface area contributed by atoms with Gasteiger partial charge in [0.1, 0.15) is 5.82 Å². The van der Waals surface area contributed by atoms with Crippen LogP contribution in [-0.2, 0) is 24.2 Å². The molecule has 0 unspecified atom stereocenters. The smallest absolute Gasteiger partial charge is 0.257 e. The molecule has 0 bridgehead atoms. The van der Waals surface area contributed by atoms with Crippen molar-refractivity contribution in [3.05, 3.63) is 133 Å². The van der Waals surface area contributed by atoms with Gasteiger partial charge in [0.05, 0.1) is 24.7 Å². The van der Waals surface area contributed by atoms with Crippen molar-refractivity contribution in [2.24, 2.45) is 0 Å². The summed E-state index contributed by atoms with van der Waals surface area (Å²) in [7, 11) is 0. The molecule has 0 spiro atoms. The number of hydrogen-bond acceptors (Lipinski definition) is 3. The van der Waals surface area contributed by atoms with Gasteiger partial charge in [0.25, 0.3) is 5.56 Å². The van der Waals surface area contributed by atoms with Gasteiger partial charge in [0.2, 0.25) is 5.91 Å². The number of aromatic nitrogens is 2. The summed E-state index contributed by atoms with van der Waals surface area (Å²) in [6.45, 7) is 2.62. The van der Waals surface area contributed by atoms with Crippen LogP contribution in [0.3, 0.4) is 0 Å². The standard InChI is InChI=1S/C29H25Cl2N3O2/c1-19-32-26-18-33(27(35)16-22-12-13-23(30)17-25(22)31)15-14-24(26)29(36)34(19)28(20-8-4-2-5-9-20)21-10-6-3-7-11-21/h2-13,17,28H,14-16,18H2,1H3. The van der Waals surface area contributed by atoms with E-state index in [1.54, 1.807) is 27.7 Å². The van der Waals surface area contributed by atoms with Crippen LogP contribution in [0, 0.1) is 6.92 Å². The molecule has 0 saturated heterocycles. The fourth-order valence-electron chi connectivity index (χ4n) is 4.84. The van der Waals surface area contributed by atoms with Crippen molar-refractivity contribution in [2.75, 3.05) is 6.54 Å². The van der Waals surface area contributed by atoms with E-state index in [0.29, 0.717) is 46.6 Å². The van der Waals surface area contributed by atoms with Crippen LogP contribution in [0.25, 0.3) is 0 Å². The Morgan fingerprint density at radius 1 is 0.972 bits per heavy atom. The summed E-state index contributed by atoms with van der Waals surface area (Å²) in [5.74, 6) is 0.562. The van der Waals surface area contributed by atoms with Gasteiger partial charge < -0.3 is 4.90 Å². The van der Waals surface area contributed by atoms with Gasteiger partial charge >= 0.3 is 0 Å². The third kappa shape index (κ3) is 4.81. The van der Waals surface area contributed by atoms with E-state index < -0.39 is 0 Å². The van der Waals surface area contributed by atoms with Crippen molar-refractivity contribution in [3.63, 3.8) is 0 Å². The van der Waals surface area contributed by atoms with Crippen LogP contribution in [0.1, 0.15) is 39.8 Å². The average molecular weight is 518 g/mol. The van der Waals surface area contributed by atoms with Crippen LogP contribution in [0.5, 0.6) is 0 Å². The molecule has 1 aromatic heterocycles. The fraction of sp³-hybridized carbons (Fsp3) is 0.207. The molecule has 0 saturated carbocycles. The van der Waals surface area contributed by atoms with Crippen LogP contribution in [0.2, 0.25) is 10.0 Å². The number of hydrogen-bond donors (Lipinski definition) is 0. The predicted octanol–water partition coefficient (Wildman–Crippen LogP) is 5.62. The molecule has 5 nitrogen and oxygen atoms in total. The van der Waals surface area contributed by atoms with Crippen LogP contribution in [0.15, 0.2) is 83.7 Å². The molecule has 0 atom stereocenters. The maximum Gasteiger partial charge on any atom is 0.257 e. The molecule has 0 radical (unpaired) electrons. The predicted molar refractivity (Wildman–Crippen MR) is 143 cm³/mol. The average Bonchev–Trinajstić information content (AvgIpc) is 2.88. The van der Waals surface area contributed by atoms with E-state index in [1.165, 1.54) is 0 Å². The molecule has 7 heteroatoms. The Bertz CT molecular complexity index is 1430. The highest BCUT2D eigenvalue weighted by atomic mass is 35.5. The van der Waals surface area contributed by atoms with Crippen LogP contribution < -0.4 is 5.56 Å². The monoisotopic (exact) mass is 517 g/mol. The molecular formula is C29H25Cl2N3O2. The molecule has 36 heavy (non-hydrogen) atoms. The number of fused-ring (bicyclic) bond motifs is 1. The molecule has 1 aliphatic rings. The molecular weight excluding hydrogens is 493 g/mol. The first kappa shape index (κ1) is 24.3. The Morgan fingerprint density at radius 3 is 2.22 bits per heavy atom. The van der Waals surface area contributed by atoms with E-state index in [1.807, 2.05) is 67.6 Å². The Kier molecular flexibility index (Phi) is 6.95. The lowest BCUT2D eigenvalue weighted by molar-refractivity contribution is -0.131. The number of halogens is 2. The van der Waals surface area contributed by atoms with Gasteiger partial charge in [0.15, 0.2) is 0 Å². The quantitative estimate of drug-likeness (QED) is 0.345. The zero-order chi connectivity index (χ0) is 25.2. The molecule has 4 aromatic rings. The highest BCUT2D eigenvalue weighted by Gasteiger charge is 2.28. The first-order valence-corrected chi connectivity index (χ1v) is 12.6. The molecule has 1 aliphatic heterocycles. The first-order valence-electron chi connectivity index (χ1n) is 11.8. The van der Waals surface area contributed by atoms with Crippen LogP contribution >= 0.6 is 23.2 Å². The Morgan fingerprint density at radius 2 is 1.61 bits per heavy atom. The third-order valence-corrected chi connectivity index (χ3v) is 7.23. The van der Waals surface area contributed by atoms with E-state index in [4.69, 9.17) is 28.2 Å². The molecule has 5 rings (SSSR count). The molecule has 182 valence electrons. The SMILES string of the molecule is Cc1nc2c(c(=O)n1C(c1ccccc1)c1ccccc1)CCN(C(=O)Cc1ccc(Cl)cc1Cl)C2. The minimum Gasteiger partial charge on any atom is -0.336 e. The van der Waals surface area contributed by atoms with Crippen LogP contribution in [-0.4, -0.2) is 26.9 Å². The number of carbonyl (C=O) groups excluding carboxylic acids is 1. The summed E-state index contributed by atoms with van der Waals surface area (Å²) < 4.78 is 1.79. The molecule has 1 amide bonds. The van der Waals surface area contributed by atoms with Gasteiger partial charge in [0, 0.05) is 22.2 Å². The Labute approximate surface area is 219 Å². The van der Waals surface area contributed by atoms with Gasteiger partial charge in [-0.1, -0.05) is 89.9 Å². The molecule has 2 heterocycles. The second-order valence-electron chi connectivity index (χ2n) is 8.96. The number of nitrogens with zero attached hydrogens (tertiary/aromatic N) is 3. The van der Waals surface area contributed by atoms with Crippen molar-refractivity contribution >= 4 is 29.1 Å². The minimum atomic E-state index is -0.288. The van der Waals surface area contributed by atoms with E-state index in [0.717, 1.165) is 16.7 Å². The van der Waals surface area contributed by atoms with Crippen molar-refractivity contribution in [1.29, 1.82) is 0 Å². The van der Waals surface area contributed by atoms with Crippen LogP contribution in [0.4, 0.5) is 0 Å². The van der Waals surface area contributed by atoms with Crippen molar-refractivity contribution in [2.45, 2.75) is 32.4 Å². The van der Waals surface area contributed by atoms with Gasteiger partial charge in [-0.15, -0.1) is 0 Å². The second-order valence-corrected chi connectivity index (χ2v) is 9.80. The topological polar surface area (TPSA) is 55.2 Å². The summed E-state index contributed by atoms with van der Waals surface area (Å²) in [6, 6.07) is 24.8. The zero-order valence-electron chi connectivity index (χ0n) is 19.8. The van der Waals surface area contributed by atoms with E-state index in [9.17, 15) is 9.59 Å². The van der Waals surface area contributed by atoms with Gasteiger partial charge in [-0.3, -0.25) is 14.2 Å². The van der Waals surface area contributed by atoms with Crippen molar-refractivity contribution in [3.8, 4) is 0 Å². The summed E-state index contributed by atoms with van der Waals surface area (Å²) >= 11 is 12.3. The maximum atomic E-state index is 13.9. The summed E-state index contributed by atoms with van der Waals surface area (Å²) in [5, 5.41) is 1.00.